The highest BCUT2D eigenvalue weighted by molar-refractivity contribution is 5.97. The van der Waals surface area contributed by atoms with Gasteiger partial charge in [-0.2, -0.15) is 0 Å². The summed E-state index contributed by atoms with van der Waals surface area (Å²) >= 11 is 0. The van der Waals surface area contributed by atoms with Crippen molar-refractivity contribution in [3.8, 4) is 0 Å². The van der Waals surface area contributed by atoms with E-state index in [0.717, 1.165) is 32.1 Å². The predicted molar refractivity (Wildman–Crippen MR) is 179 cm³/mol. The van der Waals surface area contributed by atoms with E-state index in [-0.39, 0.29) is 37.9 Å². The molecule has 0 unspecified atom stereocenters. The Morgan fingerprint density at radius 3 is 2.48 bits per heavy atom. The highest BCUT2D eigenvalue weighted by Gasteiger charge is 2.61. The van der Waals surface area contributed by atoms with E-state index in [0.29, 0.717) is 37.0 Å². The average molecular weight is 702 g/mol. The minimum Gasteiger partial charge on any atom is -0.444 e. The van der Waals surface area contributed by atoms with Crippen LogP contribution in [0.15, 0.2) is 18.2 Å². The van der Waals surface area contributed by atoms with Gasteiger partial charge in [0.25, 0.3) is 5.91 Å². The zero-order chi connectivity index (χ0) is 36.2. The van der Waals surface area contributed by atoms with Gasteiger partial charge in [0, 0.05) is 18.5 Å². The van der Waals surface area contributed by atoms with Crippen molar-refractivity contribution in [2.75, 3.05) is 13.2 Å². The minimum atomic E-state index is -1.20. The van der Waals surface area contributed by atoms with E-state index in [2.05, 4.69) is 16.1 Å². The summed E-state index contributed by atoms with van der Waals surface area (Å²) in [6, 6.07) is 2.60. The predicted octanol–water partition coefficient (Wildman–Crippen LogP) is 4.46. The zero-order valence-electron chi connectivity index (χ0n) is 29.8. The van der Waals surface area contributed by atoms with Crippen LogP contribution < -0.4 is 16.1 Å². The molecule has 276 valence electrons. The number of rotatable bonds is 6. The highest BCUT2D eigenvalue weighted by Crippen LogP contribution is 2.47. The molecule has 3 fully saturated rings. The lowest BCUT2D eigenvalue weighted by atomic mass is 10.0. The summed E-state index contributed by atoms with van der Waals surface area (Å²) in [4.78, 5) is 76.3. The van der Waals surface area contributed by atoms with Gasteiger partial charge in [-0.1, -0.05) is 58.1 Å². The molecule has 0 spiro atoms. The number of benzene rings is 1. The number of fused-ring (bicyclic) bond motifs is 3. The third-order valence-electron chi connectivity index (χ3n) is 9.77. The Balaban J connectivity index is 1.37. The molecule has 1 aromatic rings. The van der Waals surface area contributed by atoms with Crippen LogP contribution in [-0.2, 0) is 41.8 Å². The first-order valence-corrected chi connectivity index (χ1v) is 17.9. The Morgan fingerprint density at radius 1 is 1.06 bits per heavy atom. The summed E-state index contributed by atoms with van der Waals surface area (Å²) in [5.74, 6) is -1.83. The number of hydrogen-bond donors (Lipinski definition) is 3. The van der Waals surface area contributed by atoms with Crippen LogP contribution in [0.3, 0.4) is 0 Å². The molecule has 1 saturated carbocycles. The van der Waals surface area contributed by atoms with Gasteiger partial charge in [0.05, 0.1) is 19.7 Å². The van der Waals surface area contributed by atoms with Gasteiger partial charge in [-0.3, -0.25) is 24.1 Å². The van der Waals surface area contributed by atoms with E-state index in [1.54, 1.807) is 32.9 Å². The van der Waals surface area contributed by atoms with Crippen LogP contribution in [0, 0.1) is 17.7 Å². The molecule has 5 amide bonds. The number of nitrogens with one attached hydrogen (secondary N) is 3. The molecule has 14 heteroatoms. The van der Waals surface area contributed by atoms with Gasteiger partial charge >= 0.3 is 12.2 Å². The van der Waals surface area contributed by atoms with E-state index in [1.165, 1.54) is 15.9 Å². The number of ether oxygens (including phenoxy) is 2. The maximum atomic E-state index is 14.4. The number of halogens is 1. The fourth-order valence-electron chi connectivity index (χ4n) is 7.11. The summed E-state index contributed by atoms with van der Waals surface area (Å²) in [5.41, 5.74) is 1.65. The minimum absolute atomic E-state index is 0.0240. The number of hydrogen-bond acceptors (Lipinski definition) is 8. The molecule has 0 radical (unpaired) electrons. The maximum Gasteiger partial charge on any atom is 0.410 e. The third kappa shape index (κ3) is 9.04. The van der Waals surface area contributed by atoms with Gasteiger partial charge in [-0.25, -0.2) is 19.5 Å². The Bertz CT molecular complexity index is 1450. The second kappa shape index (κ2) is 15.5. The van der Waals surface area contributed by atoms with Crippen molar-refractivity contribution in [3.63, 3.8) is 0 Å². The molecule has 1 aliphatic carbocycles. The van der Waals surface area contributed by atoms with Crippen LogP contribution in [0.2, 0.25) is 0 Å². The Kier molecular flexibility index (Phi) is 11.6. The average Bonchev–Trinajstić information content (AvgIpc) is 3.33. The molecule has 2 saturated heterocycles. The standard InChI is InChI=1S/C36H52FN5O8/c1-22(2)21-48-40-32(45)36-17-24(36)13-9-7-6-8-10-15-28(38-33(46)50-35(3,4)5)31(44)42-19-25(16-29(42)30(43)39-36)49-34(47)41-18-23-12-11-14-27(37)26(23)20-41/h11-12,14,22,24-25,28-29H,6-10,13,15-21H2,1-5H3,(H,38,46)(H,39,43)(H,40,45)/t24-,25-,28+,29+,36-/m1/s1. The van der Waals surface area contributed by atoms with Crippen molar-refractivity contribution < 1.29 is 42.7 Å². The molecule has 5 rings (SSSR count). The zero-order valence-corrected chi connectivity index (χ0v) is 29.8. The normalized spacial score (nSPS) is 27.3. The molecule has 3 heterocycles. The van der Waals surface area contributed by atoms with Gasteiger partial charge in [0.1, 0.15) is 35.1 Å². The van der Waals surface area contributed by atoms with Gasteiger partial charge in [0.15, 0.2) is 0 Å². The summed E-state index contributed by atoms with van der Waals surface area (Å²) in [6.45, 7) is 9.50. The smallest absolute Gasteiger partial charge is 0.410 e. The van der Waals surface area contributed by atoms with Gasteiger partial charge in [-0.05, 0) is 63.5 Å². The van der Waals surface area contributed by atoms with Crippen LogP contribution in [0.5, 0.6) is 0 Å². The summed E-state index contributed by atoms with van der Waals surface area (Å²) in [5, 5.41) is 5.69. The number of alkyl carbamates (subject to hydrolysis) is 1. The van der Waals surface area contributed by atoms with Crippen LogP contribution in [0.25, 0.3) is 0 Å². The molecule has 1 aromatic carbocycles. The van der Waals surface area contributed by atoms with Crippen molar-refractivity contribution in [1.82, 2.24) is 25.9 Å². The van der Waals surface area contributed by atoms with E-state index >= 15 is 0 Å². The van der Waals surface area contributed by atoms with Gasteiger partial charge in [0.2, 0.25) is 11.8 Å². The molecular formula is C36H52FN5O8. The molecule has 0 bridgehead atoms. The largest absolute Gasteiger partial charge is 0.444 e. The quantitative estimate of drug-likeness (QED) is 0.368. The fourth-order valence-corrected chi connectivity index (χ4v) is 7.11. The topological polar surface area (TPSA) is 156 Å². The fraction of sp³-hybridized carbons (Fsp3) is 0.694. The van der Waals surface area contributed by atoms with Crippen LogP contribution >= 0.6 is 0 Å². The first-order valence-electron chi connectivity index (χ1n) is 17.9. The molecule has 5 atom stereocenters. The van der Waals surface area contributed by atoms with Crippen molar-refractivity contribution in [3.05, 3.63) is 35.1 Å². The van der Waals surface area contributed by atoms with E-state index in [9.17, 15) is 28.4 Å². The van der Waals surface area contributed by atoms with E-state index < -0.39 is 65.1 Å². The number of amides is 5. The second-order valence-electron chi connectivity index (χ2n) is 15.5. The molecule has 4 aliphatic rings. The van der Waals surface area contributed by atoms with Crippen LogP contribution in [0.1, 0.15) is 104 Å². The lowest BCUT2D eigenvalue weighted by Gasteiger charge is -2.30. The van der Waals surface area contributed by atoms with Gasteiger partial charge < -0.3 is 25.0 Å². The number of hydroxylamine groups is 1. The first kappa shape index (κ1) is 37.3. The molecular weight excluding hydrogens is 649 g/mol. The SMILES string of the molecule is CC(C)CONC(=O)[C@@]12C[C@H]1CCCCCCC[C@H](NC(=O)OC(C)(C)C)C(=O)N1C[C@H](OC(=O)N3Cc4cccc(F)c4C3)C[C@H]1C(=O)N2. The molecule has 3 N–H and O–H groups in total. The second-order valence-corrected chi connectivity index (χ2v) is 15.5. The van der Waals surface area contributed by atoms with Crippen molar-refractivity contribution >= 4 is 29.9 Å². The number of carbonyl (C=O) groups excluding carboxylic acids is 5. The monoisotopic (exact) mass is 701 g/mol. The molecule has 3 aliphatic heterocycles. The molecule has 13 nitrogen and oxygen atoms in total. The maximum absolute atomic E-state index is 14.4. The molecule has 50 heavy (non-hydrogen) atoms. The van der Waals surface area contributed by atoms with E-state index in [4.69, 9.17) is 14.3 Å². The van der Waals surface area contributed by atoms with E-state index in [1.807, 2.05) is 13.8 Å². The van der Waals surface area contributed by atoms with Crippen molar-refractivity contribution in [2.24, 2.45) is 11.8 Å². The van der Waals surface area contributed by atoms with Crippen LogP contribution in [-0.4, -0.2) is 82.2 Å². The number of nitrogens with zero attached hydrogens (tertiary/aromatic N) is 2. The van der Waals surface area contributed by atoms with Crippen LogP contribution in [0.4, 0.5) is 14.0 Å². The summed E-state index contributed by atoms with van der Waals surface area (Å²) in [6.07, 6.45) is 3.38. The molecule has 0 aromatic heterocycles. The lowest BCUT2D eigenvalue weighted by molar-refractivity contribution is -0.144. The van der Waals surface area contributed by atoms with Gasteiger partial charge in [-0.15, -0.1) is 0 Å². The number of carbonyl (C=O) groups is 5. The Labute approximate surface area is 293 Å². The Hall–Kier alpha value is -3.94. The summed E-state index contributed by atoms with van der Waals surface area (Å²) in [7, 11) is 0. The van der Waals surface area contributed by atoms with Crippen molar-refractivity contribution in [2.45, 2.75) is 135 Å². The summed E-state index contributed by atoms with van der Waals surface area (Å²) < 4.78 is 25.7. The van der Waals surface area contributed by atoms with Crippen molar-refractivity contribution in [1.29, 1.82) is 0 Å². The lowest BCUT2D eigenvalue weighted by Crippen LogP contribution is -2.58. The first-order chi connectivity index (χ1) is 23.7. The third-order valence-corrected chi connectivity index (χ3v) is 9.77. The highest BCUT2D eigenvalue weighted by atomic mass is 19.1. The Morgan fingerprint density at radius 2 is 1.78 bits per heavy atom.